The van der Waals surface area contributed by atoms with Gasteiger partial charge in [0.05, 0.1) is 10.5 Å². The molecule has 0 amide bonds. The number of guanidine groups is 1. The fourth-order valence-corrected chi connectivity index (χ4v) is 2.38. The summed E-state index contributed by atoms with van der Waals surface area (Å²) in [6.07, 6.45) is 2.56. The predicted octanol–water partition coefficient (Wildman–Crippen LogP) is 0.775. The van der Waals surface area contributed by atoms with Crippen LogP contribution < -0.4 is 10.6 Å². The monoisotopic (exact) mass is 275 g/mol. The highest BCUT2D eigenvalue weighted by molar-refractivity contribution is 7.92. The molecule has 0 spiro atoms. The average Bonchev–Trinajstić information content (AvgIpc) is 3.05. The molecule has 6 heteroatoms. The standard InChI is InChI=1S/C12H25N3O2S/c1-12(2,3)18(16,17)8-7-14-11(13-4)15-9-10-5-6-10/h10H,5-9H2,1-4H3,(H2,13,14,15). The Labute approximate surface area is 110 Å². The Morgan fingerprint density at radius 3 is 2.33 bits per heavy atom. The van der Waals surface area contributed by atoms with E-state index in [2.05, 4.69) is 15.6 Å². The van der Waals surface area contributed by atoms with Gasteiger partial charge in [0, 0.05) is 20.1 Å². The van der Waals surface area contributed by atoms with Crippen LogP contribution in [0.2, 0.25) is 0 Å². The van der Waals surface area contributed by atoms with Gasteiger partial charge in [0.15, 0.2) is 15.8 Å². The zero-order chi connectivity index (χ0) is 13.8. The van der Waals surface area contributed by atoms with Crippen LogP contribution in [0.15, 0.2) is 4.99 Å². The molecule has 0 aliphatic heterocycles. The molecule has 1 fully saturated rings. The first-order valence-corrected chi connectivity index (χ1v) is 8.08. The van der Waals surface area contributed by atoms with E-state index in [-0.39, 0.29) is 5.75 Å². The van der Waals surface area contributed by atoms with Gasteiger partial charge >= 0.3 is 0 Å². The van der Waals surface area contributed by atoms with Gasteiger partial charge in [-0.1, -0.05) is 0 Å². The Morgan fingerprint density at radius 1 is 1.28 bits per heavy atom. The van der Waals surface area contributed by atoms with Gasteiger partial charge in [0.25, 0.3) is 0 Å². The van der Waals surface area contributed by atoms with Gasteiger partial charge in [0.2, 0.25) is 0 Å². The van der Waals surface area contributed by atoms with Crippen molar-refractivity contribution >= 4 is 15.8 Å². The van der Waals surface area contributed by atoms with E-state index >= 15 is 0 Å². The molecular weight excluding hydrogens is 250 g/mol. The number of rotatable bonds is 5. The summed E-state index contributed by atoms with van der Waals surface area (Å²) >= 11 is 0. The van der Waals surface area contributed by atoms with E-state index in [1.807, 2.05) is 0 Å². The van der Waals surface area contributed by atoms with Crippen LogP contribution in [0.4, 0.5) is 0 Å². The van der Waals surface area contributed by atoms with E-state index in [4.69, 9.17) is 0 Å². The largest absolute Gasteiger partial charge is 0.356 e. The summed E-state index contributed by atoms with van der Waals surface area (Å²) in [6, 6.07) is 0. The number of aliphatic imine (C=N–C) groups is 1. The second-order valence-electron chi connectivity index (χ2n) is 5.75. The zero-order valence-corrected chi connectivity index (χ0v) is 12.6. The van der Waals surface area contributed by atoms with Crippen molar-refractivity contribution in [2.75, 3.05) is 25.9 Å². The van der Waals surface area contributed by atoms with Gasteiger partial charge < -0.3 is 10.6 Å². The highest BCUT2D eigenvalue weighted by Gasteiger charge is 2.28. The lowest BCUT2D eigenvalue weighted by atomic mass is 10.3. The van der Waals surface area contributed by atoms with Gasteiger partial charge in [-0.05, 0) is 39.5 Å². The second-order valence-corrected chi connectivity index (χ2v) is 8.62. The molecule has 0 radical (unpaired) electrons. The maximum atomic E-state index is 11.9. The van der Waals surface area contributed by atoms with Gasteiger partial charge in [-0.25, -0.2) is 8.42 Å². The van der Waals surface area contributed by atoms with Crippen LogP contribution in [-0.4, -0.2) is 45.0 Å². The summed E-state index contributed by atoms with van der Waals surface area (Å²) in [5, 5.41) is 6.24. The third-order valence-electron chi connectivity index (χ3n) is 3.07. The molecule has 5 nitrogen and oxygen atoms in total. The van der Waals surface area contributed by atoms with Gasteiger partial charge in [-0.15, -0.1) is 0 Å². The lowest BCUT2D eigenvalue weighted by Crippen LogP contribution is -2.42. The third-order valence-corrected chi connectivity index (χ3v) is 5.68. The SMILES string of the molecule is CN=C(NCCS(=O)(=O)C(C)(C)C)NCC1CC1. The van der Waals surface area contributed by atoms with Crippen molar-refractivity contribution in [3.8, 4) is 0 Å². The lowest BCUT2D eigenvalue weighted by molar-refractivity contribution is 0.559. The van der Waals surface area contributed by atoms with Crippen LogP contribution >= 0.6 is 0 Å². The number of hydrogen-bond donors (Lipinski definition) is 2. The molecule has 0 heterocycles. The quantitative estimate of drug-likeness (QED) is 0.574. The van der Waals surface area contributed by atoms with Crippen molar-refractivity contribution in [1.29, 1.82) is 0 Å². The topological polar surface area (TPSA) is 70.6 Å². The van der Waals surface area contributed by atoms with Crippen LogP contribution in [0.3, 0.4) is 0 Å². The molecule has 18 heavy (non-hydrogen) atoms. The first-order chi connectivity index (χ1) is 8.26. The lowest BCUT2D eigenvalue weighted by Gasteiger charge is -2.19. The summed E-state index contributed by atoms with van der Waals surface area (Å²) in [7, 11) is -1.37. The molecule has 0 unspecified atom stereocenters. The van der Waals surface area contributed by atoms with Gasteiger partial charge in [-0.3, -0.25) is 4.99 Å². The molecule has 2 N–H and O–H groups in total. The smallest absolute Gasteiger partial charge is 0.191 e. The maximum Gasteiger partial charge on any atom is 0.191 e. The highest BCUT2D eigenvalue weighted by atomic mass is 32.2. The molecule has 0 aromatic rings. The zero-order valence-electron chi connectivity index (χ0n) is 11.8. The summed E-state index contributed by atoms with van der Waals surface area (Å²) < 4.78 is 23.1. The van der Waals surface area contributed by atoms with Crippen LogP contribution in [0.25, 0.3) is 0 Å². The fraction of sp³-hybridized carbons (Fsp3) is 0.917. The molecule has 0 aromatic heterocycles. The Kier molecular flexibility index (Phi) is 5.01. The van der Waals surface area contributed by atoms with Crippen LogP contribution in [0.1, 0.15) is 33.6 Å². The van der Waals surface area contributed by atoms with Crippen LogP contribution in [0.5, 0.6) is 0 Å². The minimum Gasteiger partial charge on any atom is -0.356 e. The number of nitrogens with one attached hydrogen (secondary N) is 2. The number of hydrogen-bond acceptors (Lipinski definition) is 3. The summed E-state index contributed by atoms with van der Waals surface area (Å²) in [6.45, 7) is 6.49. The molecule has 1 rings (SSSR count). The number of sulfone groups is 1. The second kappa shape index (κ2) is 5.91. The molecule has 1 aliphatic rings. The van der Waals surface area contributed by atoms with Crippen molar-refractivity contribution in [3.05, 3.63) is 0 Å². The van der Waals surface area contributed by atoms with E-state index in [0.717, 1.165) is 12.5 Å². The first-order valence-electron chi connectivity index (χ1n) is 6.43. The Bertz CT molecular complexity index is 392. The fourth-order valence-electron chi connectivity index (χ4n) is 1.39. The van der Waals surface area contributed by atoms with Gasteiger partial charge in [-0.2, -0.15) is 0 Å². The van der Waals surface area contributed by atoms with E-state index in [1.165, 1.54) is 12.8 Å². The molecule has 0 aromatic carbocycles. The third kappa shape index (κ3) is 4.84. The predicted molar refractivity (Wildman–Crippen MR) is 75.6 cm³/mol. The maximum absolute atomic E-state index is 11.9. The van der Waals surface area contributed by atoms with Crippen molar-refractivity contribution < 1.29 is 8.42 Å². The van der Waals surface area contributed by atoms with Crippen molar-refractivity contribution in [2.45, 2.75) is 38.4 Å². The minimum absolute atomic E-state index is 0.126. The number of nitrogens with zero attached hydrogens (tertiary/aromatic N) is 1. The summed E-state index contributed by atoms with van der Waals surface area (Å²) in [4.78, 5) is 4.07. The van der Waals surface area contributed by atoms with E-state index in [9.17, 15) is 8.42 Å². The van der Waals surface area contributed by atoms with Crippen LogP contribution in [-0.2, 0) is 9.84 Å². The molecule has 0 bridgehead atoms. The van der Waals surface area contributed by atoms with Gasteiger partial charge in [0.1, 0.15) is 0 Å². The van der Waals surface area contributed by atoms with Crippen molar-refractivity contribution in [3.63, 3.8) is 0 Å². The molecule has 1 saturated carbocycles. The normalized spacial score (nSPS) is 17.7. The average molecular weight is 275 g/mol. The molecule has 106 valence electrons. The van der Waals surface area contributed by atoms with Crippen molar-refractivity contribution in [2.24, 2.45) is 10.9 Å². The summed E-state index contributed by atoms with van der Waals surface area (Å²) in [5.74, 6) is 1.58. The summed E-state index contributed by atoms with van der Waals surface area (Å²) in [5.41, 5.74) is 0. The Morgan fingerprint density at radius 2 is 1.89 bits per heavy atom. The minimum atomic E-state index is -3.07. The van der Waals surface area contributed by atoms with E-state index in [0.29, 0.717) is 12.5 Å². The van der Waals surface area contributed by atoms with Crippen molar-refractivity contribution in [1.82, 2.24) is 10.6 Å². The Hall–Kier alpha value is -0.780. The van der Waals surface area contributed by atoms with E-state index in [1.54, 1.807) is 27.8 Å². The molecular formula is C12H25N3O2S. The van der Waals surface area contributed by atoms with Crippen LogP contribution in [0, 0.1) is 5.92 Å². The molecule has 1 aliphatic carbocycles. The highest BCUT2D eigenvalue weighted by Crippen LogP contribution is 2.27. The Balaban J connectivity index is 2.30. The van der Waals surface area contributed by atoms with E-state index < -0.39 is 14.6 Å². The molecule has 0 saturated heterocycles. The first kappa shape index (κ1) is 15.3. The molecule has 0 atom stereocenters.